The van der Waals surface area contributed by atoms with Crippen LogP contribution in [0.2, 0.25) is 0 Å². The lowest BCUT2D eigenvalue weighted by molar-refractivity contribution is 0.185. The smallest absolute Gasteiger partial charge is 0.208 e. The van der Waals surface area contributed by atoms with Gasteiger partial charge in [-0.1, -0.05) is 6.92 Å². The number of likely N-dealkylation sites (tertiary alicyclic amines) is 1. The van der Waals surface area contributed by atoms with E-state index in [1.54, 1.807) is 7.11 Å². The topological polar surface area (TPSA) is 62.9 Å². The molecule has 0 aromatic carbocycles. The van der Waals surface area contributed by atoms with Gasteiger partial charge in [-0.15, -0.1) is 0 Å². The van der Waals surface area contributed by atoms with Crippen molar-refractivity contribution in [1.29, 1.82) is 0 Å². The first-order valence-electron chi connectivity index (χ1n) is 6.02. The molecule has 5 heteroatoms. The van der Waals surface area contributed by atoms with Crippen LogP contribution in [0.3, 0.4) is 0 Å². The minimum atomic E-state index is 0.133. The second kappa shape index (κ2) is 6.70. The van der Waals surface area contributed by atoms with Crippen molar-refractivity contribution in [2.75, 3.05) is 20.3 Å². The summed E-state index contributed by atoms with van der Waals surface area (Å²) in [5.74, 6) is 6.35. The average molecular weight is 228 g/mol. The number of hydrogen-bond donors (Lipinski definition) is 2. The van der Waals surface area contributed by atoms with Crippen LogP contribution in [-0.2, 0) is 4.74 Å². The first-order chi connectivity index (χ1) is 7.72. The van der Waals surface area contributed by atoms with E-state index in [4.69, 9.17) is 10.6 Å². The molecule has 1 fully saturated rings. The Kier molecular flexibility index (Phi) is 5.55. The molecule has 3 N–H and O–H groups in total. The maximum Gasteiger partial charge on any atom is 0.208 e. The zero-order valence-corrected chi connectivity index (χ0v) is 10.6. The summed E-state index contributed by atoms with van der Waals surface area (Å²) in [4.78, 5) is 6.82. The summed E-state index contributed by atoms with van der Waals surface area (Å²) in [6.07, 6.45) is 3.59. The Hall–Kier alpha value is -0.810. The maximum absolute atomic E-state index is 5.55. The number of guanidine groups is 1. The zero-order chi connectivity index (χ0) is 12.0. The van der Waals surface area contributed by atoms with Crippen LogP contribution in [0.5, 0.6) is 0 Å². The Morgan fingerprint density at radius 2 is 2.44 bits per heavy atom. The fourth-order valence-electron chi connectivity index (χ4n) is 2.22. The molecule has 5 nitrogen and oxygen atoms in total. The van der Waals surface area contributed by atoms with E-state index in [9.17, 15) is 0 Å². The predicted molar refractivity (Wildman–Crippen MR) is 66.1 cm³/mol. The van der Waals surface area contributed by atoms with E-state index in [-0.39, 0.29) is 6.04 Å². The Balaban J connectivity index is 2.65. The summed E-state index contributed by atoms with van der Waals surface area (Å²) in [7, 11) is 1.69. The molecule has 0 saturated carbocycles. The van der Waals surface area contributed by atoms with Gasteiger partial charge in [-0.05, 0) is 26.2 Å². The van der Waals surface area contributed by atoms with Gasteiger partial charge in [-0.25, -0.2) is 10.8 Å². The summed E-state index contributed by atoms with van der Waals surface area (Å²) >= 11 is 0. The van der Waals surface area contributed by atoms with Crippen LogP contribution < -0.4 is 11.3 Å². The number of nitrogens with zero attached hydrogens (tertiary/aromatic N) is 2. The third kappa shape index (κ3) is 3.35. The number of hydrogen-bond acceptors (Lipinski definition) is 3. The monoisotopic (exact) mass is 228 g/mol. The van der Waals surface area contributed by atoms with Crippen molar-refractivity contribution in [1.82, 2.24) is 10.3 Å². The highest BCUT2D eigenvalue weighted by molar-refractivity contribution is 5.80. The summed E-state index contributed by atoms with van der Waals surface area (Å²) in [6, 6.07) is 0.707. The van der Waals surface area contributed by atoms with Gasteiger partial charge in [-0.3, -0.25) is 5.43 Å². The van der Waals surface area contributed by atoms with Crippen LogP contribution >= 0.6 is 0 Å². The largest absolute Gasteiger partial charge is 0.382 e. The molecule has 0 aromatic rings. The van der Waals surface area contributed by atoms with E-state index in [0.29, 0.717) is 12.6 Å². The van der Waals surface area contributed by atoms with Crippen molar-refractivity contribution in [3.63, 3.8) is 0 Å². The Bertz CT molecular complexity index is 232. The molecule has 0 radical (unpaired) electrons. The van der Waals surface area contributed by atoms with Crippen molar-refractivity contribution >= 4 is 5.96 Å². The van der Waals surface area contributed by atoms with E-state index in [0.717, 1.165) is 18.9 Å². The fraction of sp³-hybridized carbons (Fsp3) is 0.909. The fourth-order valence-corrected chi connectivity index (χ4v) is 2.22. The lowest BCUT2D eigenvalue weighted by Crippen LogP contribution is -2.47. The molecule has 0 aliphatic carbocycles. The Morgan fingerprint density at radius 3 is 3.00 bits per heavy atom. The van der Waals surface area contributed by atoms with E-state index in [2.05, 4.69) is 22.2 Å². The number of nitrogens with two attached hydrogens (primary N) is 1. The second-order valence-electron chi connectivity index (χ2n) is 4.30. The zero-order valence-electron chi connectivity index (χ0n) is 10.6. The maximum atomic E-state index is 5.55. The van der Waals surface area contributed by atoms with Gasteiger partial charge in [0.25, 0.3) is 0 Å². The number of aliphatic imine (C=N–C) groups is 1. The van der Waals surface area contributed by atoms with Gasteiger partial charge < -0.3 is 9.64 Å². The third-order valence-corrected chi connectivity index (χ3v) is 3.00. The van der Waals surface area contributed by atoms with Crippen LogP contribution in [0.25, 0.3) is 0 Å². The molecule has 1 heterocycles. The number of rotatable bonds is 4. The molecule has 0 bridgehead atoms. The normalized spacial score (nSPS) is 23.6. The van der Waals surface area contributed by atoms with Crippen LogP contribution in [0.15, 0.2) is 4.99 Å². The van der Waals surface area contributed by atoms with Crippen LogP contribution in [0.1, 0.15) is 33.1 Å². The molecule has 1 saturated heterocycles. The molecule has 0 amide bonds. The van der Waals surface area contributed by atoms with Crippen molar-refractivity contribution in [3.05, 3.63) is 0 Å². The minimum absolute atomic E-state index is 0.133. The van der Waals surface area contributed by atoms with Crippen molar-refractivity contribution in [3.8, 4) is 0 Å². The summed E-state index contributed by atoms with van der Waals surface area (Å²) < 4.78 is 5.07. The number of hydrazine groups is 1. The van der Waals surface area contributed by atoms with Gasteiger partial charge in [0.15, 0.2) is 0 Å². The Labute approximate surface area is 98.0 Å². The first kappa shape index (κ1) is 13.3. The van der Waals surface area contributed by atoms with Crippen LogP contribution in [0, 0.1) is 0 Å². The van der Waals surface area contributed by atoms with Crippen molar-refractivity contribution in [2.24, 2.45) is 10.8 Å². The standard InChI is InChI=1S/C11H24N4O/c1-4-10-6-5-7-15(10)11(14-12)13-9(2)8-16-3/h9-10H,4-8,12H2,1-3H3,(H,13,14). The van der Waals surface area contributed by atoms with Crippen LogP contribution in [-0.4, -0.2) is 43.2 Å². The highest BCUT2D eigenvalue weighted by Crippen LogP contribution is 2.19. The van der Waals surface area contributed by atoms with Gasteiger partial charge in [0.2, 0.25) is 5.96 Å². The summed E-state index contributed by atoms with van der Waals surface area (Å²) in [5, 5.41) is 0. The summed E-state index contributed by atoms with van der Waals surface area (Å²) in [5.41, 5.74) is 2.72. The lowest BCUT2D eigenvalue weighted by Gasteiger charge is -2.27. The molecule has 2 atom stereocenters. The van der Waals surface area contributed by atoms with Crippen molar-refractivity contribution in [2.45, 2.75) is 45.2 Å². The third-order valence-electron chi connectivity index (χ3n) is 3.00. The first-order valence-corrected chi connectivity index (χ1v) is 6.02. The molecule has 1 aliphatic rings. The highest BCUT2D eigenvalue weighted by Gasteiger charge is 2.25. The molecule has 0 spiro atoms. The molecule has 1 aliphatic heterocycles. The quantitative estimate of drug-likeness (QED) is 0.322. The molecule has 16 heavy (non-hydrogen) atoms. The van der Waals surface area contributed by atoms with E-state index < -0.39 is 0 Å². The average Bonchev–Trinajstić information content (AvgIpc) is 2.74. The van der Waals surface area contributed by atoms with Gasteiger partial charge in [-0.2, -0.15) is 0 Å². The highest BCUT2D eigenvalue weighted by atomic mass is 16.5. The number of methoxy groups -OCH3 is 1. The number of ether oxygens (including phenoxy) is 1. The Morgan fingerprint density at radius 1 is 1.69 bits per heavy atom. The van der Waals surface area contributed by atoms with Gasteiger partial charge in [0.05, 0.1) is 12.6 Å². The molecule has 94 valence electrons. The van der Waals surface area contributed by atoms with E-state index >= 15 is 0 Å². The molecule has 0 aromatic heterocycles. The lowest BCUT2D eigenvalue weighted by atomic mass is 10.2. The predicted octanol–water partition coefficient (Wildman–Crippen LogP) is 0.715. The second-order valence-corrected chi connectivity index (χ2v) is 4.30. The van der Waals surface area contributed by atoms with Crippen molar-refractivity contribution < 1.29 is 4.74 Å². The molecular weight excluding hydrogens is 204 g/mol. The van der Waals surface area contributed by atoms with Gasteiger partial charge in [0.1, 0.15) is 0 Å². The SMILES string of the molecule is CCC1CCCN1C(=NC(C)COC)NN. The number of nitrogens with one attached hydrogen (secondary N) is 1. The van der Waals surface area contributed by atoms with E-state index in [1.165, 1.54) is 12.8 Å². The molecular formula is C11H24N4O. The van der Waals surface area contributed by atoms with Crippen LogP contribution in [0.4, 0.5) is 0 Å². The van der Waals surface area contributed by atoms with E-state index in [1.807, 2.05) is 6.92 Å². The van der Waals surface area contributed by atoms with Gasteiger partial charge in [0, 0.05) is 19.7 Å². The minimum Gasteiger partial charge on any atom is -0.382 e. The molecule has 1 rings (SSSR count). The molecule has 2 unspecified atom stereocenters. The summed E-state index contributed by atoms with van der Waals surface area (Å²) in [6.45, 7) is 5.89. The van der Waals surface area contributed by atoms with Gasteiger partial charge >= 0.3 is 0 Å².